The number of rotatable bonds is 3. The van der Waals surface area contributed by atoms with Gasteiger partial charge in [-0.25, -0.2) is 0 Å². The summed E-state index contributed by atoms with van der Waals surface area (Å²) in [6, 6.07) is 10.8. The molecule has 2 aliphatic rings. The molecule has 2 atom stereocenters. The monoisotopic (exact) mass is 229 g/mol. The van der Waals surface area contributed by atoms with Crippen molar-refractivity contribution in [1.82, 2.24) is 0 Å². The molecule has 1 heteroatoms. The molecule has 1 aromatic carbocycles. The highest BCUT2D eigenvalue weighted by atomic mass is 14.9. The average molecular weight is 229 g/mol. The lowest BCUT2D eigenvalue weighted by Crippen LogP contribution is -2.28. The Morgan fingerprint density at radius 3 is 2.47 bits per heavy atom. The van der Waals surface area contributed by atoms with Crippen molar-refractivity contribution in [2.75, 3.05) is 0 Å². The minimum atomic E-state index is 0.128. The zero-order chi connectivity index (χ0) is 11.7. The quantitative estimate of drug-likeness (QED) is 0.837. The predicted octanol–water partition coefficient (Wildman–Crippen LogP) is 3.84. The predicted molar refractivity (Wildman–Crippen MR) is 71.9 cm³/mol. The van der Waals surface area contributed by atoms with Gasteiger partial charge in [0.2, 0.25) is 0 Å². The van der Waals surface area contributed by atoms with Crippen LogP contribution in [0.4, 0.5) is 0 Å². The van der Waals surface area contributed by atoms with Crippen LogP contribution < -0.4 is 5.73 Å². The average Bonchev–Trinajstić information content (AvgIpc) is 3.03. The molecule has 1 aromatic rings. The van der Waals surface area contributed by atoms with E-state index in [9.17, 15) is 0 Å². The van der Waals surface area contributed by atoms with Gasteiger partial charge in [0.1, 0.15) is 0 Å². The zero-order valence-corrected chi connectivity index (χ0v) is 10.6. The molecule has 0 radical (unpaired) electrons. The summed E-state index contributed by atoms with van der Waals surface area (Å²) < 4.78 is 0. The van der Waals surface area contributed by atoms with Crippen molar-refractivity contribution in [2.45, 2.75) is 56.4 Å². The summed E-state index contributed by atoms with van der Waals surface area (Å²) >= 11 is 0. The Bertz CT molecular complexity index is 366. The molecule has 1 nitrogen and oxygen atoms in total. The third-order valence-electron chi connectivity index (χ3n) is 4.71. The second kappa shape index (κ2) is 4.45. The van der Waals surface area contributed by atoms with Crippen LogP contribution in [0.15, 0.2) is 30.3 Å². The first kappa shape index (κ1) is 11.3. The number of hydrogen-bond acceptors (Lipinski definition) is 1. The molecule has 0 aliphatic heterocycles. The van der Waals surface area contributed by atoms with E-state index in [-0.39, 0.29) is 5.54 Å². The fraction of sp³-hybridized carbons (Fsp3) is 0.625. The summed E-state index contributed by atoms with van der Waals surface area (Å²) in [6.07, 6.45) is 9.59. The van der Waals surface area contributed by atoms with Gasteiger partial charge in [0.15, 0.2) is 0 Å². The highest BCUT2D eigenvalue weighted by Gasteiger charge is 2.52. The van der Waals surface area contributed by atoms with Gasteiger partial charge in [-0.05, 0) is 24.3 Å². The van der Waals surface area contributed by atoms with Crippen LogP contribution >= 0.6 is 0 Å². The molecule has 0 saturated heterocycles. The number of nitrogens with two attached hydrogens (primary N) is 1. The van der Waals surface area contributed by atoms with E-state index in [0.717, 1.165) is 5.92 Å². The van der Waals surface area contributed by atoms with Gasteiger partial charge in [0.25, 0.3) is 0 Å². The molecule has 0 spiro atoms. The highest BCUT2D eigenvalue weighted by molar-refractivity contribution is 5.32. The van der Waals surface area contributed by atoms with E-state index in [1.165, 1.54) is 50.5 Å². The fourth-order valence-electron chi connectivity index (χ4n) is 3.61. The van der Waals surface area contributed by atoms with Crippen LogP contribution in [0.3, 0.4) is 0 Å². The Labute approximate surface area is 104 Å². The second-order valence-electron chi connectivity index (χ2n) is 6.11. The molecule has 2 saturated carbocycles. The Morgan fingerprint density at radius 1 is 1.06 bits per heavy atom. The zero-order valence-electron chi connectivity index (χ0n) is 10.6. The lowest BCUT2D eigenvalue weighted by molar-refractivity contribution is 0.308. The van der Waals surface area contributed by atoms with E-state index in [4.69, 9.17) is 5.73 Å². The van der Waals surface area contributed by atoms with Gasteiger partial charge in [0, 0.05) is 11.5 Å². The standard InChI is InChI=1S/C16H23N/c17-16(11-13-7-3-1-4-8-13)12-15(16)14-9-5-2-6-10-14/h2,5-6,9-10,13,15H,1,3-4,7-8,11-12,17H2. The minimum Gasteiger partial charge on any atom is -0.325 e. The largest absolute Gasteiger partial charge is 0.325 e. The summed E-state index contributed by atoms with van der Waals surface area (Å²) in [6.45, 7) is 0. The Balaban J connectivity index is 1.61. The third-order valence-corrected chi connectivity index (χ3v) is 4.71. The maximum atomic E-state index is 6.55. The highest BCUT2D eigenvalue weighted by Crippen LogP contribution is 2.54. The fourth-order valence-corrected chi connectivity index (χ4v) is 3.61. The van der Waals surface area contributed by atoms with Crippen molar-refractivity contribution in [3.8, 4) is 0 Å². The van der Waals surface area contributed by atoms with Gasteiger partial charge in [-0.2, -0.15) is 0 Å². The van der Waals surface area contributed by atoms with Crippen molar-refractivity contribution in [3.63, 3.8) is 0 Å². The van der Waals surface area contributed by atoms with Gasteiger partial charge >= 0.3 is 0 Å². The topological polar surface area (TPSA) is 26.0 Å². The number of hydrogen-bond donors (Lipinski definition) is 1. The maximum absolute atomic E-state index is 6.55. The molecule has 3 rings (SSSR count). The number of benzene rings is 1. The molecular formula is C16H23N. The SMILES string of the molecule is NC1(CC2CCCCC2)CC1c1ccccc1. The first-order valence-electron chi connectivity index (χ1n) is 7.12. The van der Waals surface area contributed by atoms with Crippen LogP contribution in [-0.2, 0) is 0 Å². The van der Waals surface area contributed by atoms with E-state index >= 15 is 0 Å². The molecule has 2 unspecified atom stereocenters. The van der Waals surface area contributed by atoms with Crippen molar-refractivity contribution in [1.29, 1.82) is 0 Å². The van der Waals surface area contributed by atoms with Crippen LogP contribution in [0.25, 0.3) is 0 Å². The third kappa shape index (κ3) is 2.40. The lowest BCUT2D eigenvalue weighted by atomic mass is 9.83. The van der Waals surface area contributed by atoms with Crippen LogP contribution in [0.2, 0.25) is 0 Å². The van der Waals surface area contributed by atoms with E-state index in [2.05, 4.69) is 30.3 Å². The van der Waals surface area contributed by atoms with Gasteiger partial charge in [-0.1, -0.05) is 62.4 Å². The normalized spacial score (nSPS) is 33.6. The first-order valence-corrected chi connectivity index (χ1v) is 7.12. The van der Waals surface area contributed by atoms with Crippen molar-refractivity contribution < 1.29 is 0 Å². The summed E-state index contributed by atoms with van der Waals surface area (Å²) in [5, 5.41) is 0. The van der Waals surface area contributed by atoms with Gasteiger partial charge < -0.3 is 5.73 Å². The smallest absolute Gasteiger partial charge is 0.0233 e. The van der Waals surface area contributed by atoms with Crippen LogP contribution in [0.1, 0.15) is 56.4 Å². The molecule has 2 N–H and O–H groups in total. The molecule has 0 amide bonds. The van der Waals surface area contributed by atoms with Gasteiger partial charge in [-0.15, -0.1) is 0 Å². The summed E-state index contributed by atoms with van der Waals surface area (Å²) in [7, 11) is 0. The van der Waals surface area contributed by atoms with E-state index in [1.807, 2.05) is 0 Å². The molecular weight excluding hydrogens is 206 g/mol. The summed E-state index contributed by atoms with van der Waals surface area (Å²) in [5.41, 5.74) is 8.13. The van der Waals surface area contributed by atoms with Crippen molar-refractivity contribution in [3.05, 3.63) is 35.9 Å². The lowest BCUT2D eigenvalue weighted by Gasteiger charge is -2.25. The Kier molecular flexibility index (Phi) is 2.96. The molecule has 0 bridgehead atoms. The molecule has 17 heavy (non-hydrogen) atoms. The van der Waals surface area contributed by atoms with Gasteiger partial charge in [0.05, 0.1) is 0 Å². The molecule has 92 valence electrons. The van der Waals surface area contributed by atoms with E-state index in [0.29, 0.717) is 5.92 Å². The Hall–Kier alpha value is -0.820. The first-order chi connectivity index (χ1) is 8.28. The van der Waals surface area contributed by atoms with Crippen LogP contribution in [-0.4, -0.2) is 5.54 Å². The Morgan fingerprint density at radius 2 is 1.76 bits per heavy atom. The molecule has 2 fully saturated rings. The van der Waals surface area contributed by atoms with E-state index < -0.39 is 0 Å². The van der Waals surface area contributed by atoms with Gasteiger partial charge in [-0.3, -0.25) is 0 Å². The van der Waals surface area contributed by atoms with E-state index in [1.54, 1.807) is 0 Å². The van der Waals surface area contributed by atoms with Crippen LogP contribution in [0, 0.1) is 5.92 Å². The molecule has 2 aliphatic carbocycles. The maximum Gasteiger partial charge on any atom is 0.0233 e. The van der Waals surface area contributed by atoms with Crippen molar-refractivity contribution >= 4 is 0 Å². The minimum absolute atomic E-state index is 0.128. The van der Waals surface area contributed by atoms with Crippen LogP contribution in [0.5, 0.6) is 0 Å². The second-order valence-corrected chi connectivity index (χ2v) is 6.11. The van der Waals surface area contributed by atoms with Crippen molar-refractivity contribution in [2.24, 2.45) is 11.7 Å². The summed E-state index contributed by atoms with van der Waals surface area (Å²) in [5.74, 6) is 1.54. The molecule has 0 heterocycles. The molecule has 0 aromatic heterocycles. The summed E-state index contributed by atoms with van der Waals surface area (Å²) in [4.78, 5) is 0.